The lowest BCUT2D eigenvalue weighted by molar-refractivity contribution is -0.134. The van der Waals surface area contributed by atoms with Crippen LogP contribution in [0.5, 0.6) is 5.75 Å². The monoisotopic (exact) mass is 490 g/mol. The van der Waals surface area contributed by atoms with Crippen molar-refractivity contribution in [3.63, 3.8) is 0 Å². The molecule has 0 aromatic heterocycles. The summed E-state index contributed by atoms with van der Waals surface area (Å²) in [4.78, 5) is 17.6. The summed E-state index contributed by atoms with van der Waals surface area (Å²) in [5.41, 5.74) is 2.87. The number of hydrazone groups is 1. The van der Waals surface area contributed by atoms with Crippen LogP contribution in [0.15, 0.2) is 77.9 Å². The van der Waals surface area contributed by atoms with Crippen molar-refractivity contribution >= 4 is 17.3 Å². The Morgan fingerprint density at radius 3 is 2.42 bits per heavy atom. The lowest BCUT2D eigenvalue weighted by atomic mass is 9.98. The molecule has 0 N–H and O–H groups in total. The molecule has 1 amide bonds. The van der Waals surface area contributed by atoms with Crippen molar-refractivity contribution in [3.8, 4) is 5.75 Å². The first-order valence-corrected chi connectivity index (χ1v) is 12.0. The van der Waals surface area contributed by atoms with Gasteiger partial charge in [0, 0.05) is 38.2 Å². The fourth-order valence-electron chi connectivity index (χ4n) is 4.79. The predicted molar refractivity (Wildman–Crippen MR) is 135 cm³/mol. The normalized spacial score (nSPS) is 18.3. The Morgan fingerprint density at radius 1 is 0.972 bits per heavy atom. The van der Waals surface area contributed by atoms with E-state index < -0.39 is 0 Å². The Hall–Kier alpha value is -3.78. The van der Waals surface area contributed by atoms with Gasteiger partial charge in [-0.3, -0.25) is 9.69 Å². The highest BCUT2D eigenvalue weighted by Crippen LogP contribution is 2.34. The smallest absolute Gasteiger partial charge is 0.257 e. The van der Waals surface area contributed by atoms with Crippen LogP contribution in [-0.2, 0) is 4.79 Å². The highest BCUT2D eigenvalue weighted by molar-refractivity contribution is 6.03. The van der Waals surface area contributed by atoms with Gasteiger partial charge >= 0.3 is 0 Å². The number of hydrogen-bond acceptors (Lipinski definition) is 5. The number of carbonyl (C=O) groups excluding carboxylic acids is 1. The van der Waals surface area contributed by atoms with Crippen LogP contribution in [0.2, 0.25) is 0 Å². The number of para-hydroxylation sites is 1. The maximum atomic E-state index is 14.2. The third-order valence-electron chi connectivity index (χ3n) is 6.75. The number of hydrogen-bond donors (Lipinski definition) is 0. The van der Waals surface area contributed by atoms with E-state index in [1.165, 1.54) is 23.2 Å². The Bertz CT molecular complexity index is 1260. The van der Waals surface area contributed by atoms with Gasteiger partial charge in [0.15, 0.2) is 0 Å². The van der Waals surface area contributed by atoms with E-state index in [1.807, 2.05) is 41.3 Å². The summed E-state index contributed by atoms with van der Waals surface area (Å²) in [6.45, 7) is 2.75. The summed E-state index contributed by atoms with van der Waals surface area (Å²) in [6.07, 6.45) is 0.489. The molecule has 0 saturated carbocycles. The number of methoxy groups -OCH3 is 1. The fourth-order valence-corrected chi connectivity index (χ4v) is 4.79. The number of rotatable bonds is 6. The van der Waals surface area contributed by atoms with E-state index in [4.69, 9.17) is 4.74 Å². The van der Waals surface area contributed by atoms with E-state index in [9.17, 15) is 13.6 Å². The average Bonchev–Trinajstić information content (AvgIpc) is 3.35. The number of piperazine rings is 1. The molecule has 0 bridgehead atoms. The van der Waals surface area contributed by atoms with Crippen molar-refractivity contribution in [1.82, 2.24) is 9.91 Å². The molecule has 2 aliphatic heterocycles. The van der Waals surface area contributed by atoms with Gasteiger partial charge in [0.2, 0.25) is 0 Å². The van der Waals surface area contributed by atoms with Gasteiger partial charge in [-0.2, -0.15) is 5.10 Å². The number of anilines is 1. The molecular formula is C28H28F2N4O2. The molecule has 1 unspecified atom stereocenters. The summed E-state index contributed by atoms with van der Waals surface area (Å²) in [5, 5.41) is 6.19. The lowest BCUT2D eigenvalue weighted by Crippen LogP contribution is -2.49. The van der Waals surface area contributed by atoms with Crippen LogP contribution in [0.25, 0.3) is 0 Å². The van der Waals surface area contributed by atoms with E-state index in [0.29, 0.717) is 49.6 Å². The summed E-state index contributed by atoms with van der Waals surface area (Å²) in [6, 6.07) is 20.3. The molecule has 1 fully saturated rings. The maximum Gasteiger partial charge on any atom is 0.257 e. The maximum absolute atomic E-state index is 14.2. The second-order valence-electron chi connectivity index (χ2n) is 9.00. The fraction of sp³-hybridized carbons (Fsp3) is 0.286. The van der Waals surface area contributed by atoms with Crippen LogP contribution in [0.1, 0.15) is 23.6 Å². The minimum absolute atomic E-state index is 0.124. The van der Waals surface area contributed by atoms with Crippen molar-refractivity contribution in [1.29, 1.82) is 0 Å². The molecule has 5 rings (SSSR count). The zero-order chi connectivity index (χ0) is 25.1. The molecule has 1 saturated heterocycles. The molecule has 186 valence electrons. The van der Waals surface area contributed by atoms with E-state index in [-0.39, 0.29) is 30.1 Å². The van der Waals surface area contributed by atoms with Gasteiger partial charge in [-0.1, -0.05) is 36.4 Å². The molecule has 2 heterocycles. The molecule has 2 aliphatic rings. The van der Waals surface area contributed by atoms with Crippen molar-refractivity contribution in [3.05, 3.63) is 95.6 Å². The molecule has 0 spiro atoms. The van der Waals surface area contributed by atoms with E-state index >= 15 is 0 Å². The second kappa shape index (κ2) is 10.5. The highest BCUT2D eigenvalue weighted by Gasteiger charge is 2.34. The number of nitrogens with zero attached hydrogens (tertiary/aromatic N) is 4. The molecule has 8 heteroatoms. The number of ether oxygens (including phenoxy) is 1. The summed E-state index contributed by atoms with van der Waals surface area (Å²) in [5.74, 6) is 0.0320. The van der Waals surface area contributed by atoms with Gasteiger partial charge in [-0.15, -0.1) is 0 Å². The Kier molecular flexibility index (Phi) is 6.95. The third kappa shape index (κ3) is 5.09. The lowest BCUT2D eigenvalue weighted by Gasteiger charge is -2.36. The highest BCUT2D eigenvalue weighted by atomic mass is 19.1. The van der Waals surface area contributed by atoms with Gasteiger partial charge in [-0.25, -0.2) is 13.8 Å². The van der Waals surface area contributed by atoms with Crippen LogP contribution in [0.3, 0.4) is 0 Å². The van der Waals surface area contributed by atoms with Crippen molar-refractivity contribution in [2.75, 3.05) is 44.7 Å². The number of amides is 1. The first-order valence-electron chi connectivity index (χ1n) is 12.0. The average molecular weight is 491 g/mol. The van der Waals surface area contributed by atoms with Gasteiger partial charge in [0.1, 0.15) is 17.4 Å². The molecule has 3 aromatic rings. The first kappa shape index (κ1) is 23.9. The molecule has 0 radical (unpaired) electrons. The van der Waals surface area contributed by atoms with Crippen molar-refractivity contribution in [2.45, 2.75) is 12.5 Å². The largest absolute Gasteiger partial charge is 0.497 e. The van der Waals surface area contributed by atoms with E-state index in [0.717, 1.165) is 11.3 Å². The topological polar surface area (TPSA) is 48.4 Å². The second-order valence-corrected chi connectivity index (χ2v) is 9.00. The Labute approximate surface area is 209 Å². The van der Waals surface area contributed by atoms with Crippen LogP contribution in [0.4, 0.5) is 14.5 Å². The van der Waals surface area contributed by atoms with Gasteiger partial charge in [-0.05, 0) is 42.0 Å². The van der Waals surface area contributed by atoms with E-state index in [2.05, 4.69) is 10.0 Å². The molecule has 0 aliphatic carbocycles. The third-order valence-corrected chi connectivity index (χ3v) is 6.75. The molecular weight excluding hydrogens is 462 g/mol. The predicted octanol–water partition coefficient (Wildman–Crippen LogP) is 4.47. The summed E-state index contributed by atoms with van der Waals surface area (Å²) < 4.78 is 33.3. The Balaban J connectivity index is 1.31. The van der Waals surface area contributed by atoms with Crippen LogP contribution < -0.4 is 9.64 Å². The molecule has 36 heavy (non-hydrogen) atoms. The number of benzene rings is 3. The van der Waals surface area contributed by atoms with Crippen LogP contribution >= 0.6 is 0 Å². The van der Waals surface area contributed by atoms with Crippen LogP contribution in [-0.4, -0.2) is 61.4 Å². The molecule has 6 nitrogen and oxygen atoms in total. The summed E-state index contributed by atoms with van der Waals surface area (Å²) >= 11 is 0. The minimum atomic E-state index is -0.339. The quantitative estimate of drug-likeness (QED) is 0.512. The summed E-state index contributed by atoms with van der Waals surface area (Å²) in [7, 11) is 1.61. The molecule has 3 aromatic carbocycles. The zero-order valence-corrected chi connectivity index (χ0v) is 20.1. The van der Waals surface area contributed by atoms with Gasteiger partial charge < -0.3 is 9.64 Å². The standard InChI is InChI=1S/C28H28F2N4O2/c1-36-23-11-9-20(10-12-23)27-18-25(21-5-4-6-22(29)17-21)31-34(27)28(35)19-32-13-15-33(16-14-32)26-8-3-2-7-24(26)30/h2-12,17,27H,13-16,18-19H2,1H3. The SMILES string of the molecule is COc1ccc(C2CC(c3cccc(F)c3)=NN2C(=O)CN2CCN(c3ccccc3F)CC2)cc1. The molecule has 1 atom stereocenters. The number of halogens is 2. The minimum Gasteiger partial charge on any atom is -0.497 e. The Morgan fingerprint density at radius 2 is 1.72 bits per heavy atom. The zero-order valence-electron chi connectivity index (χ0n) is 20.1. The van der Waals surface area contributed by atoms with Crippen molar-refractivity contribution in [2.24, 2.45) is 5.10 Å². The van der Waals surface area contributed by atoms with Crippen LogP contribution in [0, 0.1) is 11.6 Å². The first-order chi connectivity index (χ1) is 17.5. The number of carbonyl (C=O) groups is 1. The van der Waals surface area contributed by atoms with E-state index in [1.54, 1.807) is 25.3 Å². The van der Waals surface area contributed by atoms with Gasteiger partial charge in [0.05, 0.1) is 31.1 Å². The van der Waals surface area contributed by atoms with Gasteiger partial charge in [0.25, 0.3) is 5.91 Å². The van der Waals surface area contributed by atoms with Crippen molar-refractivity contribution < 1.29 is 18.3 Å².